The number of nitro benzene ring substituents is 1. The summed E-state index contributed by atoms with van der Waals surface area (Å²) in [4.78, 5) is 35.5. The standard InChI is InChI=1S/C18H22ClN3O5/c1-4-5-6-13-15(17(23)27-10(2)3)16(21-18(24)20-13)11-7-8-12(19)14(9-11)22(25)26/h7-10,16H,4-6H2,1-3H3,(H2,20,21,24). The minimum Gasteiger partial charge on any atom is -0.459 e. The maximum absolute atomic E-state index is 12.7. The van der Waals surface area contributed by atoms with E-state index in [1.165, 1.54) is 12.1 Å². The lowest BCUT2D eigenvalue weighted by Gasteiger charge is -2.30. The van der Waals surface area contributed by atoms with E-state index in [0.29, 0.717) is 17.7 Å². The Morgan fingerprint density at radius 3 is 2.70 bits per heavy atom. The molecule has 0 radical (unpaired) electrons. The molecule has 1 unspecified atom stereocenters. The van der Waals surface area contributed by atoms with Crippen molar-refractivity contribution in [3.05, 3.63) is 50.2 Å². The number of hydrogen-bond acceptors (Lipinski definition) is 5. The van der Waals surface area contributed by atoms with Gasteiger partial charge >= 0.3 is 12.0 Å². The molecule has 0 spiro atoms. The first-order chi connectivity index (χ1) is 12.7. The van der Waals surface area contributed by atoms with E-state index in [0.717, 1.165) is 12.8 Å². The molecule has 1 aromatic rings. The molecule has 1 aliphatic rings. The number of amides is 2. The molecule has 146 valence electrons. The molecule has 1 atom stereocenters. The van der Waals surface area contributed by atoms with Crippen LogP contribution in [0, 0.1) is 10.1 Å². The average Bonchev–Trinajstić information content (AvgIpc) is 2.58. The molecule has 1 heterocycles. The Morgan fingerprint density at radius 1 is 1.41 bits per heavy atom. The first-order valence-corrected chi connectivity index (χ1v) is 9.07. The van der Waals surface area contributed by atoms with Crippen LogP contribution in [0.15, 0.2) is 29.5 Å². The van der Waals surface area contributed by atoms with Crippen LogP contribution in [0.1, 0.15) is 51.6 Å². The summed E-state index contributed by atoms with van der Waals surface area (Å²) in [6.45, 7) is 5.44. The number of nitro groups is 1. The van der Waals surface area contributed by atoms with Gasteiger partial charge in [-0.15, -0.1) is 0 Å². The Morgan fingerprint density at radius 2 is 2.11 bits per heavy atom. The fourth-order valence-corrected chi connectivity index (χ4v) is 2.97. The number of nitrogens with zero attached hydrogens (tertiary/aromatic N) is 1. The van der Waals surface area contributed by atoms with Crippen LogP contribution >= 0.6 is 11.6 Å². The summed E-state index contributed by atoms with van der Waals surface area (Å²) in [6, 6.07) is 2.84. The Labute approximate surface area is 162 Å². The molecule has 0 fully saturated rings. The Balaban J connectivity index is 2.56. The van der Waals surface area contributed by atoms with Crippen molar-refractivity contribution in [3.63, 3.8) is 0 Å². The summed E-state index contributed by atoms with van der Waals surface area (Å²) in [5, 5.41) is 16.5. The number of nitrogens with one attached hydrogen (secondary N) is 2. The van der Waals surface area contributed by atoms with Gasteiger partial charge in [-0.1, -0.05) is 31.0 Å². The number of carbonyl (C=O) groups excluding carboxylic acids is 2. The van der Waals surface area contributed by atoms with Crippen molar-refractivity contribution < 1.29 is 19.2 Å². The number of benzene rings is 1. The van der Waals surface area contributed by atoms with E-state index in [1.54, 1.807) is 19.9 Å². The fraction of sp³-hybridized carbons (Fsp3) is 0.444. The number of rotatable bonds is 7. The Kier molecular flexibility index (Phi) is 6.79. The SMILES string of the molecule is CCCCC1=C(C(=O)OC(C)C)C(c2ccc(Cl)c([N+](=O)[O-])c2)NC(=O)N1. The molecule has 0 aliphatic carbocycles. The van der Waals surface area contributed by atoms with Crippen LogP contribution in [0.3, 0.4) is 0 Å². The number of ether oxygens (including phenoxy) is 1. The predicted octanol–water partition coefficient (Wildman–Crippen LogP) is 4.00. The fourth-order valence-electron chi connectivity index (χ4n) is 2.79. The summed E-state index contributed by atoms with van der Waals surface area (Å²) >= 11 is 5.88. The van der Waals surface area contributed by atoms with Crippen molar-refractivity contribution in [2.75, 3.05) is 0 Å². The van der Waals surface area contributed by atoms with Crippen LogP contribution in [0.5, 0.6) is 0 Å². The highest BCUT2D eigenvalue weighted by Crippen LogP contribution is 2.34. The Bertz CT molecular complexity index is 791. The second-order valence-electron chi connectivity index (χ2n) is 6.45. The highest BCUT2D eigenvalue weighted by atomic mass is 35.5. The average molecular weight is 396 g/mol. The van der Waals surface area contributed by atoms with Gasteiger partial charge in [-0.25, -0.2) is 9.59 Å². The zero-order valence-electron chi connectivity index (χ0n) is 15.4. The first kappa shape index (κ1) is 20.7. The minimum atomic E-state index is -0.868. The lowest BCUT2D eigenvalue weighted by atomic mass is 9.93. The third-order valence-electron chi connectivity index (χ3n) is 4.00. The molecular weight excluding hydrogens is 374 g/mol. The number of halogens is 1. The molecule has 8 nitrogen and oxygen atoms in total. The van der Waals surface area contributed by atoms with Crippen LogP contribution < -0.4 is 10.6 Å². The summed E-state index contributed by atoms with van der Waals surface area (Å²) in [7, 11) is 0. The number of urea groups is 1. The molecular formula is C18H22ClN3O5. The molecule has 1 aromatic carbocycles. The van der Waals surface area contributed by atoms with Gasteiger partial charge in [0, 0.05) is 11.8 Å². The van der Waals surface area contributed by atoms with Crippen LogP contribution in [-0.4, -0.2) is 23.0 Å². The second kappa shape index (κ2) is 8.85. The quantitative estimate of drug-likeness (QED) is 0.412. The summed E-state index contributed by atoms with van der Waals surface area (Å²) in [5.74, 6) is -0.578. The highest BCUT2D eigenvalue weighted by Gasteiger charge is 2.34. The molecule has 0 saturated carbocycles. The molecule has 0 saturated heterocycles. The molecule has 27 heavy (non-hydrogen) atoms. The number of carbonyl (C=O) groups is 2. The molecule has 0 bridgehead atoms. The maximum atomic E-state index is 12.7. The zero-order valence-corrected chi connectivity index (χ0v) is 16.1. The first-order valence-electron chi connectivity index (χ1n) is 8.70. The van der Waals surface area contributed by atoms with E-state index in [1.807, 2.05) is 6.92 Å². The van der Waals surface area contributed by atoms with Crippen LogP contribution in [0.4, 0.5) is 10.5 Å². The van der Waals surface area contributed by atoms with Crippen LogP contribution in [0.2, 0.25) is 5.02 Å². The van der Waals surface area contributed by atoms with Gasteiger partial charge < -0.3 is 15.4 Å². The third kappa shape index (κ3) is 4.97. The van der Waals surface area contributed by atoms with Gasteiger partial charge in [0.15, 0.2) is 0 Å². The van der Waals surface area contributed by atoms with E-state index in [-0.39, 0.29) is 22.4 Å². The normalized spacial score (nSPS) is 16.8. The lowest BCUT2D eigenvalue weighted by Crippen LogP contribution is -2.46. The lowest BCUT2D eigenvalue weighted by molar-refractivity contribution is -0.384. The summed E-state index contributed by atoms with van der Waals surface area (Å²) < 4.78 is 5.34. The number of esters is 1. The molecule has 0 aromatic heterocycles. The topological polar surface area (TPSA) is 111 Å². The van der Waals surface area contributed by atoms with Gasteiger partial charge in [0.25, 0.3) is 5.69 Å². The molecule has 2 N–H and O–H groups in total. The maximum Gasteiger partial charge on any atom is 0.338 e. The molecule has 2 rings (SSSR count). The molecule has 1 aliphatic heterocycles. The largest absolute Gasteiger partial charge is 0.459 e. The molecule has 9 heteroatoms. The second-order valence-corrected chi connectivity index (χ2v) is 6.86. The van der Waals surface area contributed by atoms with Crippen LogP contribution in [0.25, 0.3) is 0 Å². The summed E-state index contributed by atoms with van der Waals surface area (Å²) in [5.41, 5.74) is 0.793. The van der Waals surface area contributed by atoms with Crippen molar-refractivity contribution >= 4 is 29.3 Å². The van der Waals surface area contributed by atoms with Crippen molar-refractivity contribution in [2.45, 2.75) is 52.2 Å². The molecule has 2 amide bonds. The smallest absolute Gasteiger partial charge is 0.338 e. The third-order valence-corrected chi connectivity index (χ3v) is 4.32. The summed E-state index contributed by atoms with van der Waals surface area (Å²) in [6.07, 6.45) is 1.77. The van der Waals surface area contributed by atoms with Crippen LogP contribution in [-0.2, 0) is 9.53 Å². The van der Waals surface area contributed by atoms with E-state index in [4.69, 9.17) is 16.3 Å². The van der Waals surface area contributed by atoms with Crippen molar-refractivity contribution in [1.29, 1.82) is 0 Å². The monoisotopic (exact) mass is 395 g/mol. The van der Waals surface area contributed by atoms with Gasteiger partial charge in [-0.05, 0) is 38.3 Å². The van der Waals surface area contributed by atoms with Gasteiger partial charge in [0.1, 0.15) is 5.02 Å². The van der Waals surface area contributed by atoms with Gasteiger partial charge in [-0.3, -0.25) is 10.1 Å². The zero-order chi connectivity index (χ0) is 20.1. The van der Waals surface area contributed by atoms with E-state index in [2.05, 4.69) is 10.6 Å². The predicted molar refractivity (Wildman–Crippen MR) is 100 cm³/mol. The van der Waals surface area contributed by atoms with Gasteiger partial charge in [0.05, 0.1) is 22.6 Å². The number of hydrogen-bond donors (Lipinski definition) is 2. The Hall–Kier alpha value is -2.61. The number of allylic oxidation sites excluding steroid dienone is 1. The van der Waals surface area contributed by atoms with Crippen molar-refractivity contribution in [2.24, 2.45) is 0 Å². The van der Waals surface area contributed by atoms with E-state index in [9.17, 15) is 19.7 Å². The van der Waals surface area contributed by atoms with Crippen molar-refractivity contribution in [3.8, 4) is 0 Å². The van der Waals surface area contributed by atoms with Crippen molar-refractivity contribution in [1.82, 2.24) is 10.6 Å². The van der Waals surface area contributed by atoms with Gasteiger partial charge in [-0.2, -0.15) is 0 Å². The highest BCUT2D eigenvalue weighted by molar-refractivity contribution is 6.32. The minimum absolute atomic E-state index is 0.0227. The van der Waals surface area contributed by atoms with E-state index < -0.39 is 23.0 Å². The van der Waals surface area contributed by atoms with Gasteiger partial charge in [0.2, 0.25) is 0 Å². The van der Waals surface area contributed by atoms with E-state index >= 15 is 0 Å². The number of unbranched alkanes of at least 4 members (excludes halogenated alkanes) is 1.